The molecule has 1 rings (SSSR count). The van der Waals surface area contributed by atoms with Crippen LogP contribution in [0.5, 0.6) is 0 Å². The molecule has 1 aromatic carbocycles. The molecule has 0 radical (unpaired) electrons. The van der Waals surface area contributed by atoms with E-state index in [4.69, 9.17) is 23.2 Å². The fourth-order valence-electron chi connectivity index (χ4n) is 1.32. The number of rotatable bonds is 5. The second-order valence-electron chi connectivity index (χ2n) is 3.63. The van der Waals surface area contributed by atoms with Gasteiger partial charge in [-0.15, -0.1) is 0 Å². The zero-order chi connectivity index (χ0) is 12.9. The van der Waals surface area contributed by atoms with Gasteiger partial charge in [-0.1, -0.05) is 23.2 Å². The first-order valence-corrected chi connectivity index (χ1v) is 5.85. The monoisotopic (exact) mass is 285 g/mol. The molecule has 1 N–H and O–H groups in total. The van der Waals surface area contributed by atoms with Gasteiger partial charge in [0.1, 0.15) is 0 Å². The van der Waals surface area contributed by atoms with E-state index in [-0.39, 0.29) is 6.42 Å². The Balaban J connectivity index is 2.29. The van der Waals surface area contributed by atoms with E-state index in [1.807, 2.05) is 0 Å². The van der Waals surface area contributed by atoms with Crippen LogP contribution in [0.1, 0.15) is 18.4 Å². The van der Waals surface area contributed by atoms with Crippen molar-refractivity contribution in [1.82, 2.24) is 5.32 Å². The maximum absolute atomic E-state index is 11.9. The third-order valence-electron chi connectivity index (χ3n) is 2.14. The summed E-state index contributed by atoms with van der Waals surface area (Å²) in [7, 11) is 0. The van der Waals surface area contributed by atoms with E-state index >= 15 is 0 Å². The lowest BCUT2D eigenvalue weighted by molar-refractivity contribution is -0.135. The van der Waals surface area contributed by atoms with Crippen LogP contribution in [0.2, 0.25) is 10.0 Å². The quantitative estimate of drug-likeness (QED) is 0.790. The molecular weight excluding hydrogens is 274 g/mol. The normalized spacial score (nSPS) is 11.8. The molecule has 0 unspecified atom stereocenters. The van der Waals surface area contributed by atoms with E-state index in [1.165, 1.54) is 0 Å². The number of benzene rings is 1. The number of hydrogen-bond donors (Lipinski definition) is 1. The van der Waals surface area contributed by atoms with Gasteiger partial charge in [0.2, 0.25) is 0 Å². The van der Waals surface area contributed by atoms with Gasteiger partial charge in [-0.05, 0) is 36.7 Å². The van der Waals surface area contributed by atoms with Crippen LogP contribution in [-0.4, -0.2) is 12.7 Å². The third kappa shape index (κ3) is 6.15. The lowest BCUT2D eigenvalue weighted by atomic mass is 10.2. The summed E-state index contributed by atoms with van der Waals surface area (Å²) in [4.78, 5) is 0. The molecule has 0 fully saturated rings. The van der Waals surface area contributed by atoms with Gasteiger partial charge in [-0.25, -0.2) is 0 Å². The summed E-state index contributed by atoms with van der Waals surface area (Å²) in [5, 5.41) is 4.01. The molecule has 1 aromatic rings. The van der Waals surface area contributed by atoms with Crippen molar-refractivity contribution in [2.75, 3.05) is 6.54 Å². The first-order chi connectivity index (χ1) is 7.88. The summed E-state index contributed by atoms with van der Waals surface area (Å²) in [6.45, 7) is 0.708. The van der Waals surface area contributed by atoms with Crippen LogP contribution in [0.25, 0.3) is 0 Å². The highest BCUT2D eigenvalue weighted by Gasteiger charge is 2.25. The van der Waals surface area contributed by atoms with Gasteiger partial charge in [0, 0.05) is 23.0 Å². The molecule has 0 bridgehead atoms. The Morgan fingerprint density at radius 2 is 1.88 bits per heavy atom. The van der Waals surface area contributed by atoms with Crippen LogP contribution >= 0.6 is 23.2 Å². The van der Waals surface area contributed by atoms with Crippen molar-refractivity contribution in [1.29, 1.82) is 0 Å². The lowest BCUT2D eigenvalue weighted by Gasteiger charge is -2.08. The number of hydrogen-bond acceptors (Lipinski definition) is 1. The van der Waals surface area contributed by atoms with Crippen molar-refractivity contribution in [2.24, 2.45) is 0 Å². The molecule has 0 saturated heterocycles. The van der Waals surface area contributed by atoms with Gasteiger partial charge >= 0.3 is 6.18 Å². The Kier molecular flexibility index (Phi) is 5.56. The third-order valence-corrected chi connectivity index (χ3v) is 2.74. The molecule has 0 aliphatic heterocycles. The zero-order valence-electron chi connectivity index (χ0n) is 8.95. The van der Waals surface area contributed by atoms with Gasteiger partial charge in [0.25, 0.3) is 0 Å². The lowest BCUT2D eigenvalue weighted by Crippen LogP contribution is -2.17. The molecule has 0 atom stereocenters. The molecule has 0 amide bonds. The van der Waals surface area contributed by atoms with E-state index < -0.39 is 12.6 Å². The number of nitrogens with one attached hydrogen (secondary N) is 1. The number of alkyl halides is 3. The van der Waals surface area contributed by atoms with Crippen LogP contribution in [0, 0.1) is 0 Å². The first-order valence-electron chi connectivity index (χ1n) is 5.10. The van der Waals surface area contributed by atoms with E-state index in [0.717, 1.165) is 5.56 Å². The fraction of sp³-hybridized carbons (Fsp3) is 0.455. The maximum Gasteiger partial charge on any atom is 0.389 e. The van der Waals surface area contributed by atoms with Gasteiger partial charge in [0.05, 0.1) is 0 Å². The van der Waals surface area contributed by atoms with Crippen molar-refractivity contribution in [3.05, 3.63) is 33.8 Å². The summed E-state index contributed by atoms with van der Waals surface area (Å²) < 4.78 is 35.6. The van der Waals surface area contributed by atoms with Crippen molar-refractivity contribution < 1.29 is 13.2 Å². The molecule has 1 nitrogen and oxygen atoms in total. The number of halogens is 5. The Morgan fingerprint density at radius 1 is 1.18 bits per heavy atom. The minimum atomic E-state index is -4.09. The van der Waals surface area contributed by atoms with Gasteiger partial charge < -0.3 is 5.32 Å². The van der Waals surface area contributed by atoms with E-state index in [1.54, 1.807) is 18.2 Å². The fourth-order valence-corrected chi connectivity index (χ4v) is 1.69. The molecule has 96 valence electrons. The molecule has 0 aliphatic carbocycles. The van der Waals surface area contributed by atoms with Crippen LogP contribution in [0.15, 0.2) is 18.2 Å². The van der Waals surface area contributed by atoms with Crippen molar-refractivity contribution in [3.8, 4) is 0 Å². The molecule has 17 heavy (non-hydrogen) atoms. The molecule has 0 saturated carbocycles. The molecular formula is C11H12Cl2F3N. The summed E-state index contributed by atoms with van der Waals surface area (Å²) in [5.74, 6) is 0. The van der Waals surface area contributed by atoms with Crippen molar-refractivity contribution in [2.45, 2.75) is 25.6 Å². The smallest absolute Gasteiger partial charge is 0.313 e. The highest BCUT2D eigenvalue weighted by Crippen LogP contribution is 2.22. The molecule has 0 heterocycles. The average Bonchev–Trinajstić information content (AvgIpc) is 2.21. The average molecular weight is 286 g/mol. The highest BCUT2D eigenvalue weighted by atomic mass is 35.5. The Bertz CT molecular complexity index is 366. The topological polar surface area (TPSA) is 12.0 Å². The van der Waals surface area contributed by atoms with Gasteiger partial charge in [-0.2, -0.15) is 13.2 Å². The SMILES string of the molecule is FC(F)(F)CCCNCc1cc(Cl)ccc1Cl. The van der Waals surface area contributed by atoms with Crippen LogP contribution in [0.3, 0.4) is 0 Å². The highest BCUT2D eigenvalue weighted by molar-refractivity contribution is 6.33. The summed E-state index contributed by atoms with van der Waals surface area (Å²) in [6, 6.07) is 5.02. The maximum atomic E-state index is 11.9. The second kappa shape index (κ2) is 6.47. The van der Waals surface area contributed by atoms with E-state index in [2.05, 4.69) is 5.32 Å². The van der Waals surface area contributed by atoms with E-state index in [9.17, 15) is 13.2 Å². The first kappa shape index (κ1) is 14.6. The molecule has 0 spiro atoms. The molecule has 6 heteroatoms. The molecule has 0 aromatic heterocycles. The predicted octanol–water partition coefficient (Wildman–Crippen LogP) is 4.43. The van der Waals surface area contributed by atoms with Gasteiger partial charge in [-0.3, -0.25) is 0 Å². The Hall–Kier alpha value is -0.450. The standard InChI is InChI=1S/C11H12Cl2F3N/c12-9-2-3-10(13)8(6-9)7-17-5-1-4-11(14,15)16/h2-3,6,17H,1,4-5,7H2. The van der Waals surface area contributed by atoms with Crippen LogP contribution < -0.4 is 5.32 Å². The Morgan fingerprint density at radius 3 is 2.53 bits per heavy atom. The van der Waals surface area contributed by atoms with Gasteiger partial charge in [0.15, 0.2) is 0 Å². The van der Waals surface area contributed by atoms with Crippen LogP contribution in [0.4, 0.5) is 13.2 Å². The largest absolute Gasteiger partial charge is 0.389 e. The zero-order valence-corrected chi connectivity index (χ0v) is 10.5. The second-order valence-corrected chi connectivity index (χ2v) is 4.47. The van der Waals surface area contributed by atoms with E-state index in [0.29, 0.717) is 23.1 Å². The Labute approximate surface area is 108 Å². The minimum absolute atomic E-state index is 0.0572. The van der Waals surface area contributed by atoms with Crippen molar-refractivity contribution in [3.63, 3.8) is 0 Å². The summed E-state index contributed by atoms with van der Waals surface area (Å²) in [6.07, 6.45) is -4.81. The van der Waals surface area contributed by atoms with Crippen LogP contribution in [-0.2, 0) is 6.54 Å². The summed E-state index contributed by atoms with van der Waals surface area (Å²) in [5.41, 5.74) is 0.783. The summed E-state index contributed by atoms with van der Waals surface area (Å²) >= 11 is 11.7. The molecule has 0 aliphatic rings. The van der Waals surface area contributed by atoms with Crippen molar-refractivity contribution >= 4 is 23.2 Å². The predicted molar refractivity (Wildman–Crippen MR) is 63.5 cm³/mol. The minimum Gasteiger partial charge on any atom is -0.313 e.